The Labute approximate surface area is 105 Å². The third-order valence-electron chi connectivity index (χ3n) is 2.70. The van der Waals surface area contributed by atoms with Crippen LogP contribution in [0.1, 0.15) is 11.1 Å². The molecule has 2 aromatic rings. The molecule has 0 fully saturated rings. The predicted octanol–water partition coefficient (Wildman–Crippen LogP) is 3.43. The molecule has 1 aromatic carbocycles. The van der Waals surface area contributed by atoms with Crippen LogP contribution < -0.4 is 4.74 Å². The van der Waals surface area contributed by atoms with Crippen LogP contribution in [0.3, 0.4) is 0 Å². The summed E-state index contributed by atoms with van der Waals surface area (Å²) in [5.41, 5.74) is 4.04. The topological polar surface area (TPSA) is 37.9 Å². The van der Waals surface area contributed by atoms with Gasteiger partial charge in [-0.25, -0.2) is 0 Å². The van der Waals surface area contributed by atoms with Crippen LogP contribution in [0.25, 0.3) is 11.3 Å². The average molecular weight is 246 g/mol. The van der Waals surface area contributed by atoms with Gasteiger partial charge in [0.05, 0.1) is 7.11 Å². The highest BCUT2D eigenvalue weighted by atomic mass is 32.1. The van der Waals surface area contributed by atoms with Crippen LogP contribution >= 0.6 is 12.2 Å². The molecule has 1 aromatic heterocycles. The SMILES string of the molecule is COc1cc(C)c(-c2ncc[nH]c2=S)cc1C. The van der Waals surface area contributed by atoms with Gasteiger partial charge in [-0.3, -0.25) is 4.98 Å². The zero-order valence-corrected chi connectivity index (χ0v) is 10.9. The highest BCUT2D eigenvalue weighted by Crippen LogP contribution is 2.28. The van der Waals surface area contributed by atoms with Gasteiger partial charge in [-0.1, -0.05) is 12.2 Å². The van der Waals surface area contributed by atoms with E-state index in [1.54, 1.807) is 19.5 Å². The second kappa shape index (κ2) is 4.67. The van der Waals surface area contributed by atoms with Gasteiger partial charge < -0.3 is 9.72 Å². The molecule has 0 saturated heterocycles. The van der Waals surface area contributed by atoms with Gasteiger partial charge >= 0.3 is 0 Å². The molecule has 0 aliphatic heterocycles. The molecule has 0 aliphatic carbocycles. The second-order valence-electron chi connectivity index (χ2n) is 3.90. The summed E-state index contributed by atoms with van der Waals surface area (Å²) in [4.78, 5) is 7.32. The lowest BCUT2D eigenvalue weighted by Gasteiger charge is -2.10. The Bertz CT molecular complexity index is 605. The smallest absolute Gasteiger partial charge is 0.129 e. The molecule has 1 N–H and O–H groups in total. The number of benzene rings is 1. The monoisotopic (exact) mass is 246 g/mol. The van der Waals surface area contributed by atoms with E-state index in [-0.39, 0.29) is 0 Å². The van der Waals surface area contributed by atoms with Gasteiger partial charge in [0.15, 0.2) is 0 Å². The molecule has 2 rings (SSSR count). The average Bonchev–Trinajstić information content (AvgIpc) is 2.32. The van der Waals surface area contributed by atoms with E-state index in [1.807, 2.05) is 19.9 Å². The summed E-state index contributed by atoms with van der Waals surface area (Å²) in [6.07, 6.45) is 3.45. The molecular weight excluding hydrogens is 232 g/mol. The van der Waals surface area contributed by atoms with Gasteiger partial charge in [0, 0.05) is 18.0 Å². The summed E-state index contributed by atoms with van der Waals surface area (Å²) in [7, 11) is 1.68. The molecule has 0 spiro atoms. The molecule has 0 radical (unpaired) electrons. The number of methoxy groups -OCH3 is 1. The third kappa shape index (κ3) is 2.22. The molecule has 17 heavy (non-hydrogen) atoms. The van der Waals surface area contributed by atoms with Gasteiger partial charge in [-0.2, -0.15) is 0 Å². The first-order valence-corrected chi connectivity index (χ1v) is 5.73. The number of nitrogens with zero attached hydrogens (tertiary/aromatic N) is 1. The van der Waals surface area contributed by atoms with Crippen LogP contribution in [0.2, 0.25) is 0 Å². The number of aromatic nitrogens is 2. The molecule has 4 heteroatoms. The summed E-state index contributed by atoms with van der Waals surface area (Å²) in [5.74, 6) is 0.886. The third-order valence-corrected chi connectivity index (χ3v) is 3.02. The molecule has 0 atom stereocenters. The Hall–Kier alpha value is -1.68. The first kappa shape index (κ1) is 11.8. The van der Waals surface area contributed by atoms with Gasteiger partial charge in [-0.05, 0) is 37.1 Å². The van der Waals surface area contributed by atoms with Crippen molar-refractivity contribution in [1.82, 2.24) is 9.97 Å². The highest BCUT2D eigenvalue weighted by Gasteiger charge is 2.09. The summed E-state index contributed by atoms with van der Waals surface area (Å²) >= 11 is 5.25. The lowest BCUT2D eigenvalue weighted by molar-refractivity contribution is 0.411. The number of rotatable bonds is 2. The molecule has 0 unspecified atom stereocenters. The molecule has 3 nitrogen and oxygen atoms in total. The van der Waals surface area contributed by atoms with Crippen LogP contribution in [0.15, 0.2) is 24.5 Å². The molecule has 88 valence electrons. The molecule has 1 heterocycles. The lowest BCUT2D eigenvalue weighted by atomic mass is 10.0. The van der Waals surface area contributed by atoms with Crippen molar-refractivity contribution < 1.29 is 4.74 Å². The van der Waals surface area contributed by atoms with E-state index in [4.69, 9.17) is 17.0 Å². The van der Waals surface area contributed by atoms with E-state index in [9.17, 15) is 0 Å². The Morgan fingerprint density at radius 1 is 1.24 bits per heavy atom. The maximum Gasteiger partial charge on any atom is 0.129 e. The first-order valence-electron chi connectivity index (χ1n) is 5.33. The van der Waals surface area contributed by atoms with Crippen molar-refractivity contribution in [2.75, 3.05) is 7.11 Å². The number of hydrogen-bond donors (Lipinski definition) is 1. The van der Waals surface area contributed by atoms with Gasteiger partial charge in [0.1, 0.15) is 16.1 Å². The number of aromatic amines is 1. The largest absolute Gasteiger partial charge is 0.496 e. The van der Waals surface area contributed by atoms with Gasteiger partial charge in [0.25, 0.3) is 0 Å². The van der Waals surface area contributed by atoms with Gasteiger partial charge in [-0.15, -0.1) is 0 Å². The minimum absolute atomic E-state index is 0.653. The number of H-pyrrole nitrogens is 1. The minimum atomic E-state index is 0.653. The summed E-state index contributed by atoms with van der Waals surface area (Å²) in [5, 5.41) is 0. The van der Waals surface area contributed by atoms with Crippen LogP contribution in [-0.4, -0.2) is 17.1 Å². The number of ether oxygens (including phenoxy) is 1. The highest BCUT2D eigenvalue weighted by molar-refractivity contribution is 7.71. The van der Waals surface area contributed by atoms with Gasteiger partial charge in [0.2, 0.25) is 0 Å². The molecule has 0 bridgehead atoms. The number of aryl methyl sites for hydroxylation is 2. The van der Waals surface area contributed by atoms with E-state index in [2.05, 4.69) is 16.0 Å². The fourth-order valence-corrected chi connectivity index (χ4v) is 2.04. The Morgan fingerprint density at radius 3 is 2.65 bits per heavy atom. The molecule has 0 aliphatic rings. The maximum atomic E-state index is 5.29. The predicted molar refractivity (Wildman–Crippen MR) is 70.9 cm³/mol. The second-order valence-corrected chi connectivity index (χ2v) is 4.31. The standard InChI is InChI=1S/C13H14N2OS/c1-8-7-11(16-3)9(2)6-10(8)12-13(17)15-5-4-14-12/h4-7H,1-3H3,(H,15,17). The fraction of sp³-hybridized carbons (Fsp3) is 0.231. The Morgan fingerprint density at radius 2 is 2.00 bits per heavy atom. The minimum Gasteiger partial charge on any atom is -0.496 e. The van der Waals surface area contributed by atoms with E-state index in [0.29, 0.717) is 4.64 Å². The van der Waals surface area contributed by atoms with Crippen molar-refractivity contribution in [2.45, 2.75) is 13.8 Å². The number of hydrogen-bond acceptors (Lipinski definition) is 3. The van der Waals surface area contributed by atoms with Crippen molar-refractivity contribution in [3.05, 3.63) is 40.3 Å². The van der Waals surface area contributed by atoms with Crippen LogP contribution in [-0.2, 0) is 0 Å². The molecular formula is C13H14N2OS. The van der Waals surface area contributed by atoms with Crippen molar-refractivity contribution in [3.63, 3.8) is 0 Å². The van der Waals surface area contributed by atoms with E-state index in [0.717, 1.165) is 28.1 Å². The normalized spacial score (nSPS) is 10.3. The quantitative estimate of drug-likeness (QED) is 0.825. The molecule has 0 amide bonds. The Kier molecular flexibility index (Phi) is 3.24. The summed E-state index contributed by atoms with van der Waals surface area (Å²) in [6.45, 7) is 4.04. The van der Waals surface area contributed by atoms with Crippen LogP contribution in [0.4, 0.5) is 0 Å². The summed E-state index contributed by atoms with van der Waals surface area (Å²) in [6, 6.07) is 4.06. The van der Waals surface area contributed by atoms with Crippen molar-refractivity contribution in [1.29, 1.82) is 0 Å². The zero-order chi connectivity index (χ0) is 12.4. The van der Waals surface area contributed by atoms with Crippen molar-refractivity contribution in [2.24, 2.45) is 0 Å². The molecule has 0 saturated carbocycles. The van der Waals surface area contributed by atoms with Crippen LogP contribution in [0, 0.1) is 18.5 Å². The number of nitrogens with one attached hydrogen (secondary N) is 1. The lowest BCUT2D eigenvalue weighted by Crippen LogP contribution is -1.94. The van der Waals surface area contributed by atoms with Crippen molar-refractivity contribution >= 4 is 12.2 Å². The summed E-state index contributed by atoms with van der Waals surface area (Å²) < 4.78 is 5.95. The maximum absolute atomic E-state index is 5.29. The van der Waals surface area contributed by atoms with Crippen LogP contribution in [0.5, 0.6) is 5.75 Å². The fourth-order valence-electron chi connectivity index (χ4n) is 1.81. The van der Waals surface area contributed by atoms with E-state index < -0.39 is 0 Å². The Balaban J connectivity index is 2.65. The van der Waals surface area contributed by atoms with Crippen molar-refractivity contribution in [3.8, 4) is 17.0 Å². The van der Waals surface area contributed by atoms with E-state index >= 15 is 0 Å². The first-order chi connectivity index (χ1) is 8.13. The van der Waals surface area contributed by atoms with E-state index in [1.165, 1.54) is 0 Å². The zero-order valence-electron chi connectivity index (χ0n) is 10.1.